The minimum Gasteiger partial charge on any atom is -0.429 e. The van der Waals surface area contributed by atoms with E-state index in [-0.39, 0.29) is 49.0 Å². The van der Waals surface area contributed by atoms with E-state index in [9.17, 15) is 40.3 Å². The maximum Gasteiger partial charge on any atom is 0.404 e. The Balaban J connectivity index is 1.59. The van der Waals surface area contributed by atoms with Crippen molar-refractivity contribution in [3.63, 3.8) is 0 Å². The van der Waals surface area contributed by atoms with Gasteiger partial charge in [0.05, 0.1) is 11.6 Å². The van der Waals surface area contributed by atoms with Crippen LogP contribution in [-0.2, 0) is 10.0 Å². The Morgan fingerprint density at radius 1 is 1.27 bits per heavy atom. The number of nitrogens with zero attached hydrogens (tertiary/aromatic N) is 4. The molecule has 16 heteroatoms. The number of aromatic nitrogens is 3. The van der Waals surface area contributed by atoms with Gasteiger partial charge in [-0.3, -0.25) is 9.36 Å². The maximum absolute atomic E-state index is 13.1. The van der Waals surface area contributed by atoms with Crippen LogP contribution in [-0.4, -0.2) is 75.6 Å². The fourth-order valence-electron chi connectivity index (χ4n) is 4.93. The van der Waals surface area contributed by atoms with E-state index in [2.05, 4.69) is 20.0 Å². The summed E-state index contributed by atoms with van der Waals surface area (Å²) in [6, 6.07) is -0.0304. The second-order valence-corrected chi connectivity index (χ2v) is 11.5. The number of rotatable bonds is 7. The molecule has 0 radical (unpaired) electrons. The van der Waals surface area contributed by atoms with Gasteiger partial charge >= 0.3 is 12.8 Å². The van der Waals surface area contributed by atoms with Gasteiger partial charge in [0.1, 0.15) is 5.65 Å². The van der Waals surface area contributed by atoms with Crippen molar-refractivity contribution in [1.82, 2.24) is 18.8 Å². The third-order valence-electron chi connectivity index (χ3n) is 6.67. The van der Waals surface area contributed by atoms with Crippen LogP contribution in [0.25, 0.3) is 11.0 Å². The van der Waals surface area contributed by atoms with Crippen molar-refractivity contribution in [1.29, 1.82) is 0 Å². The Morgan fingerprint density at radius 2 is 1.95 bits per heavy atom. The topological polar surface area (TPSA) is 127 Å². The first kappa shape index (κ1) is 27.4. The van der Waals surface area contributed by atoms with E-state index in [1.165, 1.54) is 6.20 Å². The van der Waals surface area contributed by atoms with Crippen molar-refractivity contribution < 1.29 is 40.2 Å². The van der Waals surface area contributed by atoms with Gasteiger partial charge in [-0.05, 0) is 45.1 Å². The molecule has 4 rings (SSSR count). The van der Waals surface area contributed by atoms with E-state index in [4.69, 9.17) is 0 Å². The monoisotopic (exact) mass is 555 g/mol. The number of ether oxygens (including phenoxy) is 1. The van der Waals surface area contributed by atoms with Gasteiger partial charge in [0.25, 0.3) is 5.56 Å². The van der Waals surface area contributed by atoms with Crippen LogP contribution in [0.3, 0.4) is 0 Å². The molecule has 3 heterocycles. The number of fused-ring (bicyclic) bond motifs is 1. The Bertz CT molecular complexity index is 1310. The molecule has 0 aromatic carbocycles. The van der Waals surface area contributed by atoms with Gasteiger partial charge in [-0.2, -0.15) is 26.9 Å². The average molecular weight is 556 g/mol. The third-order valence-corrected chi connectivity index (χ3v) is 8.52. The Hall–Kier alpha value is -2.59. The number of aliphatic hydroxyl groups is 1. The zero-order valence-electron chi connectivity index (χ0n) is 19.7. The second kappa shape index (κ2) is 9.94. The number of nitrogens with one attached hydrogen (secondary N) is 1. The second-order valence-electron chi connectivity index (χ2n) is 9.49. The molecular weight excluding hydrogens is 529 g/mol. The van der Waals surface area contributed by atoms with E-state index < -0.39 is 51.5 Å². The SMILES string of the molecule is C[C@@]1(O)CCC[C@H]1n1c(=O)c(OC(F)F)cc2cnc(NC3CCN(S(=O)(=O)CC(F)(F)F)CC3)nc21. The predicted molar refractivity (Wildman–Crippen MR) is 122 cm³/mol. The van der Waals surface area contributed by atoms with Crippen LogP contribution in [0.4, 0.5) is 27.9 Å². The standard InChI is InChI=1S/C21H26F5N5O5S/c1-20(33)6-2-3-15(20)31-16-12(9-14(17(31)32)36-18(22)23)10-27-19(29-16)28-13-4-7-30(8-5-13)37(34,35)11-21(24,25)26/h9-10,13,15,18,33H,2-8,11H2,1H3,(H,27,28,29)/t15-,20-/m1/s1. The van der Waals surface area contributed by atoms with Crippen LogP contribution in [0.5, 0.6) is 5.75 Å². The molecule has 0 spiro atoms. The van der Waals surface area contributed by atoms with E-state index in [0.29, 0.717) is 19.3 Å². The number of alkyl halides is 5. The Morgan fingerprint density at radius 3 is 2.51 bits per heavy atom. The van der Waals surface area contributed by atoms with Gasteiger partial charge in [-0.15, -0.1) is 0 Å². The summed E-state index contributed by atoms with van der Waals surface area (Å²) in [7, 11) is -4.49. The number of piperidine rings is 1. The van der Waals surface area contributed by atoms with Crippen LogP contribution >= 0.6 is 0 Å². The molecule has 2 aromatic heterocycles. The maximum atomic E-state index is 13.1. The van der Waals surface area contributed by atoms with Crippen LogP contribution in [0.15, 0.2) is 17.1 Å². The molecule has 2 fully saturated rings. The summed E-state index contributed by atoms with van der Waals surface area (Å²) in [5.41, 5.74) is -2.10. The van der Waals surface area contributed by atoms with Crippen LogP contribution in [0.2, 0.25) is 0 Å². The average Bonchev–Trinajstić information content (AvgIpc) is 3.11. The first-order chi connectivity index (χ1) is 17.2. The molecule has 2 atom stereocenters. The summed E-state index contributed by atoms with van der Waals surface area (Å²) in [6.45, 7) is -1.96. The number of sulfonamides is 1. The first-order valence-corrected chi connectivity index (χ1v) is 13.2. The first-order valence-electron chi connectivity index (χ1n) is 11.6. The molecule has 2 aliphatic rings. The van der Waals surface area contributed by atoms with Crippen molar-refractivity contribution in [3.05, 3.63) is 22.6 Å². The molecule has 0 bridgehead atoms. The summed E-state index contributed by atoms with van der Waals surface area (Å²) in [4.78, 5) is 21.6. The molecule has 0 unspecified atom stereocenters. The summed E-state index contributed by atoms with van der Waals surface area (Å²) in [6.07, 6.45) is -1.79. The minimum absolute atomic E-state index is 0.0532. The highest BCUT2D eigenvalue weighted by Crippen LogP contribution is 2.40. The number of halogens is 5. The fraction of sp³-hybridized carbons (Fsp3) is 0.667. The quantitative estimate of drug-likeness (QED) is 0.500. The Kier molecular flexibility index (Phi) is 7.38. The number of hydrogen-bond acceptors (Lipinski definition) is 8. The molecular formula is C21H26F5N5O5S. The summed E-state index contributed by atoms with van der Waals surface area (Å²) < 4.78 is 93.9. The molecule has 10 nitrogen and oxygen atoms in total. The molecule has 206 valence electrons. The molecule has 1 saturated heterocycles. The lowest BCUT2D eigenvalue weighted by molar-refractivity contribution is -0.107. The third kappa shape index (κ3) is 6.12. The predicted octanol–water partition coefficient (Wildman–Crippen LogP) is 2.64. The molecule has 0 amide bonds. The minimum atomic E-state index is -4.84. The largest absolute Gasteiger partial charge is 0.429 e. The molecule has 1 saturated carbocycles. The molecule has 2 N–H and O–H groups in total. The van der Waals surface area contributed by atoms with Crippen molar-refractivity contribution >= 4 is 27.0 Å². The lowest BCUT2D eigenvalue weighted by Gasteiger charge is -2.32. The van der Waals surface area contributed by atoms with Gasteiger partial charge in [-0.1, -0.05) is 0 Å². The van der Waals surface area contributed by atoms with Crippen LogP contribution in [0, 0.1) is 0 Å². The zero-order chi connectivity index (χ0) is 27.2. The van der Waals surface area contributed by atoms with E-state index >= 15 is 0 Å². The van der Waals surface area contributed by atoms with Crippen LogP contribution in [0.1, 0.15) is 45.1 Å². The van der Waals surface area contributed by atoms with E-state index in [1.54, 1.807) is 6.92 Å². The zero-order valence-corrected chi connectivity index (χ0v) is 20.5. The van der Waals surface area contributed by atoms with Crippen molar-refractivity contribution in [2.45, 2.75) is 69.5 Å². The van der Waals surface area contributed by atoms with Gasteiger partial charge in [0.2, 0.25) is 16.0 Å². The molecule has 1 aliphatic heterocycles. The highest BCUT2D eigenvalue weighted by Gasteiger charge is 2.41. The van der Waals surface area contributed by atoms with Crippen molar-refractivity contribution in [3.8, 4) is 5.75 Å². The smallest absolute Gasteiger partial charge is 0.404 e. The van der Waals surface area contributed by atoms with Crippen LogP contribution < -0.4 is 15.6 Å². The normalized spacial score (nSPS) is 24.2. The summed E-state index contributed by atoms with van der Waals surface area (Å²) >= 11 is 0. The molecule has 37 heavy (non-hydrogen) atoms. The van der Waals surface area contributed by atoms with Gasteiger partial charge in [-0.25, -0.2) is 17.7 Å². The van der Waals surface area contributed by atoms with Gasteiger partial charge < -0.3 is 15.2 Å². The number of anilines is 1. The molecule has 2 aromatic rings. The van der Waals surface area contributed by atoms with Crippen molar-refractivity contribution in [2.75, 3.05) is 24.2 Å². The van der Waals surface area contributed by atoms with Gasteiger partial charge in [0, 0.05) is 30.7 Å². The Labute approximate surface area is 208 Å². The molecule has 1 aliphatic carbocycles. The van der Waals surface area contributed by atoms with E-state index in [0.717, 1.165) is 14.9 Å². The van der Waals surface area contributed by atoms with Crippen molar-refractivity contribution in [2.24, 2.45) is 0 Å². The lowest BCUT2D eigenvalue weighted by atomic mass is 10.00. The number of pyridine rings is 1. The fourth-order valence-corrected chi connectivity index (χ4v) is 6.29. The highest BCUT2D eigenvalue weighted by atomic mass is 32.2. The lowest BCUT2D eigenvalue weighted by Crippen LogP contribution is -2.45. The summed E-state index contributed by atoms with van der Waals surface area (Å²) in [5.74, 6) is -2.48. The van der Waals surface area contributed by atoms with E-state index in [1.807, 2.05) is 0 Å². The number of hydrogen-bond donors (Lipinski definition) is 2. The summed E-state index contributed by atoms with van der Waals surface area (Å²) in [5, 5.41) is 14.0. The van der Waals surface area contributed by atoms with Gasteiger partial charge in [0.15, 0.2) is 11.5 Å². The highest BCUT2D eigenvalue weighted by molar-refractivity contribution is 7.89.